The number of phenolic OH excluding ortho intramolecular Hbond substituents is 1. The largest absolute Gasteiger partial charge is 0.502 e. The highest BCUT2D eigenvalue weighted by Crippen LogP contribution is 2.44. The van der Waals surface area contributed by atoms with E-state index in [1.807, 2.05) is 0 Å². The van der Waals surface area contributed by atoms with Crippen LogP contribution in [0.1, 0.15) is 51.5 Å². The third-order valence-electron chi connectivity index (χ3n) is 4.87. The Labute approximate surface area is 162 Å². The van der Waals surface area contributed by atoms with Crippen molar-refractivity contribution in [1.82, 2.24) is 5.32 Å². The lowest BCUT2D eigenvalue weighted by Gasteiger charge is -2.34. The number of Topliss-reactive ketones (excluding diaryl/α,β-unsaturated/α-hetero) is 1. The number of aromatic hydroxyl groups is 1. The van der Waals surface area contributed by atoms with Crippen LogP contribution in [0.15, 0.2) is 40.7 Å². The molecule has 2 N–H and O–H groups in total. The first-order valence-corrected chi connectivity index (χ1v) is 9.13. The molecule has 1 aromatic rings. The maximum atomic E-state index is 12.8. The van der Waals surface area contributed by atoms with Gasteiger partial charge in [-0.15, -0.1) is 0 Å². The molecule has 1 heterocycles. The lowest BCUT2D eigenvalue weighted by Crippen LogP contribution is -2.35. The number of benzene rings is 1. The van der Waals surface area contributed by atoms with Crippen LogP contribution in [0, 0.1) is 10.1 Å². The first kappa shape index (κ1) is 19.6. The van der Waals surface area contributed by atoms with Crippen LogP contribution < -0.4 is 5.32 Å². The van der Waals surface area contributed by atoms with E-state index >= 15 is 0 Å². The maximum absolute atomic E-state index is 12.8. The van der Waals surface area contributed by atoms with E-state index in [0.717, 1.165) is 5.70 Å². The van der Waals surface area contributed by atoms with Crippen molar-refractivity contribution in [2.24, 2.45) is 0 Å². The average Bonchev–Trinajstić information content (AvgIpc) is 2.60. The molecule has 148 valence electrons. The Morgan fingerprint density at radius 3 is 2.71 bits per heavy atom. The number of ketones is 1. The molecule has 0 amide bonds. The zero-order chi connectivity index (χ0) is 20.6. The second-order valence-electron chi connectivity index (χ2n) is 7.22. The molecule has 0 spiro atoms. The van der Waals surface area contributed by atoms with Gasteiger partial charge in [0.15, 0.2) is 11.5 Å². The van der Waals surface area contributed by atoms with Crippen LogP contribution in [-0.2, 0) is 14.3 Å². The minimum atomic E-state index is -0.783. The standard InChI is InChI=1S/C20H22N2O6/c1-10(2)28-20(25)17-11(3)21-13-5-4-6-16(24)19(13)18(17)12-7-8-15(23)14(9-12)22(26)27/h7-10,18,21,23H,4-6H2,1-3H3. The Kier molecular flexibility index (Phi) is 5.22. The Morgan fingerprint density at radius 2 is 2.07 bits per heavy atom. The van der Waals surface area contributed by atoms with Gasteiger partial charge in [-0.05, 0) is 45.2 Å². The van der Waals surface area contributed by atoms with E-state index < -0.39 is 28.2 Å². The molecular formula is C20H22N2O6. The van der Waals surface area contributed by atoms with Crippen molar-refractivity contribution in [3.8, 4) is 5.75 Å². The van der Waals surface area contributed by atoms with Crippen LogP contribution in [0.25, 0.3) is 0 Å². The Hall–Kier alpha value is -3.16. The Morgan fingerprint density at radius 1 is 1.36 bits per heavy atom. The summed E-state index contributed by atoms with van der Waals surface area (Å²) in [5.74, 6) is -1.93. The molecule has 1 atom stereocenters. The van der Waals surface area contributed by atoms with Crippen LogP contribution in [0.5, 0.6) is 5.75 Å². The van der Waals surface area contributed by atoms with E-state index in [9.17, 15) is 24.8 Å². The number of carbonyl (C=O) groups is 2. The quantitative estimate of drug-likeness (QED) is 0.463. The van der Waals surface area contributed by atoms with Crippen LogP contribution in [-0.4, -0.2) is 27.9 Å². The Bertz CT molecular complexity index is 929. The van der Waals surface area contributed by atoms with Gasteiger partial charge in [0, 0.05) is 35.4 Å². The van der Waals surface area contributed by atoms with Crippen LogP contribution in [0.3, 0.4) is 0 Å². The molecule has 8 nitrogen and oxygen atoms in total. The lowest BCUT2D eigenvalue weighted by atomic mass is 9.75. The van der Waals surface area contributed by atoms with E-state index in [-0.39, 0.29) is 17.5 Å². The molecule has 2 aliphatic rings. The van der Waals surface area contributed by atoms with Gasteiger partial charge in [0.2, 0.25) is 0 Å². The molecule has 1 aromatic carbocycles. The van der Waals surface area contributed by atoms with Crippen LogP contribution in [0.4, 0.5) is 5.69 Å². The van der Waals surface area contributed by atoms with Crippen LogP contribution in [0.2, 0.25) is 0 Å². The monoisotopic (exact) mass is 386 g/mol. The number of nitro benzene ring substituents is 1. The van der Waals surface area contributed by atoms with Crippen molar-refractivity contribution in [1.29, 1.82) is 0 Å². The number of ether oxygens (including phenoxy) is 1. The summed E-state index contributed by atoms with van der Waals surface area (Å²) < 4.78 is 5.37. The van der Waals surface area contributed by atoms with Crippen LogP contribution >= 0.6 is 0 Å². The molecule has 0 radical (unpaired) electrons. The summed E-state index contributed by atoms with van der Waals surface area (Å²) in [7, 11) is 0. The first-order valence-electron chi connectivity index (χ1n) is 9.13. The molecule has 1 aliphatic carbocycles. The summed E-state index contributed by atoms with van der Waals surface area (Å²) >= 11 is 0. The number of phenols is 1. The van der Waals surface area contributed by atoms with Crippen molar-refractivity contribution in [3.63, 3.8) is 0 Å². The van der Waals surface area contributed by atoms with E-state index in [0.29, 0.717) is 36.1 Å². The summed E-state index contributed by atoms with van der Waals surface area (Å²) in [5, 5.41) is 24.2. The summed E-state index contributed by atoms with van der Waals surface area (Å²) in [6, 6.07) is 3.93. The number of allylic oxidation sites excluding steroid dienone is 3. The molecule has 0 saturated heterocycles. The third kappa shape index (κ3) is 3.49. The summed E-state index contributed by atoms with van der Waals surface area (Å²) in [5.41, 5.74) is 1.89. The number of nitrogens with one attached hydrogen (secondary N) is 1. The smallest absolute Gasteiger partial charge is 0.337 e. The molecule has 0 aromatic heterocycles. The van der Waals surface area contributed by atoms with Crippen molar-refractivity contribution < 1.29 is 24.4 Å². The topological polar surface area (TPSA) is 119 Å². The SMILES string of the molecule is CC1=C(C(=O)OC(C)C)C(c2ccc(O)c([N+](=O)[O-])c2)C2=C(CCCC2=O)N1. The van der Waals surface area contributed by atoms with E-state index in [1.54, 1.807) is 20.8 Å². The van der Waals surface area contributed by atoms with Gasteiger partial charge in [-0.1, -0.05) is 6.07 Å². The number of esters is 1. The predicted molar refractivity (Wildman–Crippen MR) is 100 cm³/mol. The molecule has 8 heteroatoms. The summed E-state index contributed by atoms with van der Waals surface area (Å²) in [6.45, 7) is 5.17. The number of hydrogen-bond donors (Lipinski definition) is 2. The predicted octanol–water partition coefficient (Wildman–Crippen LogP) is 3.22. The van der Waals surface area contributed by atoms with Crippen molar-refractivity contribution in [2.75, 3.05) is 0 Å². The normalized spacial score (nSPS) is 19.4. The molecule has 0 bridgehead atoms. The molecule has 28 heavy (non-hydrogen) atoms. The number of hydrogen-bond acceptors (Lipinski definition) is 7. The number of dihydropyridines is 1. The fourth-order valence-corrected chi connectivity index (χ4v) is 3.73. The number of nitrogens with zero attached hydrogens (tertiary/aromatic N) is 1. The van der Waals surface area contributed by atoms with Gasteiger partial charge >= 0.3 is 11.7 Å². The molecule has 0 saturated carbocycles. The summed E-state index contributed by atoms with van der Waals surface area (Å²) in [6.07, 6.45) is 1.34. The van der Waals surface area contributed by atoms with Gasteiger partial charge in [0.1, 0.15) is 0 Å². The molecule has 1 aliphatic heterocycles. The highest BCUT2D eigenvalue weighted by atomic mass is 16.6. The number of rotatable bonds is 4. The maximum Gasteiger partial charge on any atom is 0.337 e. The Balaban J connectivity index is 2.20. The average molecular weight is 386 g/mol. The lowest BCUT2D eigenvalue weighted by molar-refractivity contribution is -0.385. The molecule has 3 rings (SSSR count). The highest BCUT2D eigenvalue weighted by molar-refractivity contribution is 6.03. The van der Waals surface area contributed by atoms with E-state index in [1.165, 1.54) is 18.2 Å². The third-order valence-corrected chi connectivity index (χ3v) is 4.87. The molecule has 1 unspecified atom stereocenters. The van der Waals surface area contributed by atoms with Gasteiger partial charge in [-0.3, -0.25) is 14.9 Å². The van der Waals surface area contributed by atoms with Gasteiger partial charge in [-0.2, -0.15) is 0 Å². The van der Waals surface area contributed by atoms with Gasteiger partial charge in [0.05, 0.1) is 16.6 Å². The minimum Gasteiger partial charge on any atom is -0.502 e. The highest BCUT2D eigenvalue weighted by Gasteiger charge is 2.40. The minimum absolute atomic E-state index is 0.100. The molecule has 0 fully saturated rings. The fourth-order valence-electron chi connectivity index (χ4n) is 3.73. The van der Waals surface area contributed by atoms with Gasteiger partial charge in [-0.25, -0.2) is 4.79 Å². The number of nitro groups is 1. The molecular weight excluding hydrogens is 364 g/mol. The van der Waals surface area contributed by atoms with Gasteiger partial charge < -0.3 is 15.2 Å². The second-order valence-corrected chi connectivity index (χ2v) is 7.22. The first-order chi connectivity index (χ1) is 13.2. The summed E-state index contributed by atoms with van der Waals surface area (Å²) in [4.78, 5) is 36.2. The zero-order valence-electron chi connectivity index (χ0n) is 15.9. The van der Waals surface area contributed by atoms with E-state index in [2.05, 4.69) is 5.32 Å². The second kappa shape index (κ2) is 7.46. The van der Waals surface area contributed by atoms with Crippen molar-refractivity contribution in [3.05, 3.63) is 56.4 Å². The van der Waals surface area contributed by atoms with Crippen molar-refractivity contribution in [2.45, 2.75) is 52.1 Å². The van der Waals surface area contributed by atoms with Gasteiger partial charge in [0.25, 0.3) is 0 Å². The zero-order valence-corrected chi connectivity index (χ0v) is 15.9. The van der Waals surface area contributed by atoms with Crippen molar-refractivity contribution >= 4 is 17.4 Å². The fraction of sp³-hybridized carbons (Fsp3) is 0.400. The van der Waals surface area contributed by atoms with E-state index in [4.69, 9.17) is 4.74 Å². The number of carbonyl (C=O) groups excluding carboxylic acids is 2.